The minimum absolute atomic E-state index is 0.00630. The summed E-state index contributed by atoms with van der Waals surface area (Å²) in [5.74, 6) is -0.443. The van der Waals surface area contributed by atoms with E-state index in [1.807, 2.05) is 27.7 Å². The van der Waals surface area contributed by atoms with Crippen LogP contribution in [0.15, 0.2) is 47.4 Å². The number of benzene rings is 2. The van der Waals surface area contributed by atoms with Crippen LogP contribution < -0.4 is 10.0 Å². The van der Waals surface area contributed by atoms with Crippen LogP contribution in [0.5, 0.6) is 0 Å². The molecule has 31 heavy (non-hydrogen) atoms. The number of nitrogens with zero attached hydrogens (tertiary/aromatic N) is 1. The van der Waals surface area contributed by atoms with Gasteiger partial charge in [-0.05, 0) is 82.0 Å². The Labute approximate surface area is 183 Å². The minimum Gasteiger partial charge on any atom is -0.352 e. The summed E-state index contributed by atoms with van der Waals surface area (Å²) >= 11 is 0. The topological polar surface area (TPSA) is 95.6 Å². The lowest BCUT2D eigenvalue weighted by Gasteiger charge is -2.25. The van der Waals surface area contributed by atoms with Gasteiger partial charge in [-0.15, -0.1) is 0 Å². The van der Waals surface area contributed by atoms with Gasteiger partial charge in [-0.2, -0.15) is 0 Å². The average Bonchev–Trinajstić information content (AvgIpc) is 3.19. The maximum atomic E-state index is 13.1. The summed E-state index contributed by atoms with van der Waals surface area (Å²) in [6.07, 6.45) is 1.37. The van der Waals surface area contributed by atoms with Gasteiger partial charge in [-0.1, -0.05) is 12.1 Å². The maximum absolute atomic E-state index is 13.1. The van der Waals surface area contributed by atoms with E-state index in [0.29, 0.717) is 24.2 Å². The predicted octanol–water partition coefficient (Wildman–Crippen LogP) is 3.23. The Morgan fingerprint density at radius 2 is 1.81 bits per heavy atom. The second-order valence-electron chi connectivity index (χ2n) is 8.25. The number of nitrogens with one attached hydrogen (secondary N) is 2. The lowest BCUT2D eigenvalue weighted by Crippen LogP contribution is -2.47. The van der Waals surface area contributed by atoms with Gasteiger partial charge in [-0.25, -0.2) is 8.42 Å². The monoisotopic (exact) mass is 443 g/mol. The molecule has 2 aromatic rings. The molecular weight excluding hydrogens is 414 g/mol. The first kappa shape index (κ1) is 22.8. The molecule has 1 atom stereocenters. The Morgan fingerprint density at radius 1 is 1.06 bits per heavy atom. The van der Waals surface area contributed by atoms with Crippen LogP contribution >= 0.6 is 0 Å². The largest absolute Gasteiger partial charge is 0.352 e. The van der Waals surface area contributed by atoms with Crippen molar-refractivity contribution in [3.8, 4) is 0 Å². The van der Waals surface area contributed by atoms with Crippen LogP contribution in [0, 0.1) is 13.8 Å². The number of sulfonamides is 1. The Hall–Kier alpha value is -2.87. The number of likely N-dealkylation sites (tertiary alicyclic amines) is 1. The number of amides is 2. The van der Waals surface area contributed by atoms with Gasteiger partial charge >= 0.3 is 0 Å². The molecule has 0 radical (unpaired) electrons. The molecule has 166 valence electrons. The quantitative estimate of drug-likeness (QED) is 0.716. The molecule has 2 N–H and O–H groups in total. The molecule has 0 saturated carbocycles. The van der Waals surface area contributed by atoms with Crippen LogP contribution in [0.1, 0.15) is 48.2 Å². The van der Waals surface area contributed by atoms with E-state index < -0.39 is 16.1 Å². The standard InChI is InChI=1S/C23H29N3O4S/c1-15(2)24-22(27)21-9-6-12-26(21)23(28)18-7-5-8-19(14-18)25-31(29,30)20-11-10-16(3)17(4)13-20/h5,7-8,10-11,13-15,21,25H,6,9,12H2,1-4H3,(H,24,27)/t21-/m0/s1. The van der Waals surface area contributed by atoms with E-state index >= 15 is 0 Å². The third-order valence-electron chi connectivity index (χ3n) is 5.40. The number of rotatable bonds is 6. The van der Waals surface area contributed by atoms with Crippen LogP contribution in [0.4, 0.5) is 5.69 Å². The summed E-state index contributed by atoms with van der Waals surface area (Å²) in [5.41, 5.74) is 2.52. The molecule has 1 heterocycles. The number of hydrogen-bond acceptors (Lipinski definition) is 4. The van der Waals surface area contributed by atoms with Crippen LogP contribution in [0.25, 0.3) is 0 Å². The van der Waals surface area contributed by atoms with Crippen LogP contribution in [-0.2, 0) is 14.8 Å². The molecule has 7 nitrogen and oxygen atoms in total. The highest BCUT2D eigenvalue weighted by Gasteiger charge is 2.34. The van der Waals surface area contributed by atoms with Crippen molar-refractivity contribution in [2.45, 2.75) is 57.5 Å². The molecular formula is C23H29N3O4S. The summed E-state index contributed by atoms with van der Waals surface area (Å²) in [5, 5.41) is 2.87. The van der Waals surface area contributed by atoms with Crippen molar-refractivity contribution < 1.29 is 18.0 Å². The molecule has 8 heteroatoms. The highest BCUT2D eigenvalue weighted by atomic mass is 32.2. The van der Waals surface area contributed by atoms with Gasteiger partial charge in [0.15, 0.2) is 0 Å². The van der Waals surface area contributed by atoms with Crippen LogP contribution in [0.2, 0.25) is 0 Å². The Morgan fingerprint density at radius 3 is 2.48 bits per heavy atom. The van der Waals surface area contributed by atoms with Crippen molar-refractivity contribution in [2.24, 2.45) is 0 Å². The van der Waals surface area contributed by atoms with E-state index in [1.54, 1.807) is 41.3 Å². The van der Waals surface area contributed by atoms with Gasteiger partial charge in [0.25, 0.3) is 15.9 Å². The molecule has 1 aliphatic rings. The van der Waals surface area contributed by atoms with Gasteiger partial charge < -0.3 is 10.2 Å². The van der Waals surface area contributed by atoms with Crippen LogP contribution in [-0.4, -0.2) is 43.8 Å². The van der Waals surface area contributed by atoms with Crippen molar-refractivity contribution >= 4 is 27.5 Å². The zero-order valence-electron chi connectivity index (χ0n) is 18.3. The van der Waals surface area contributed by atoms with E-state index in [-0.39, 0.29) is 22.8 Å². The zero-order valence-corrected chi connectivity index (χ0v) is 19.1. The summed E-state index contributed by atoms with van der Waals surface area (Å²) in [4.78, 5) is 27.3. The molecule has 1 saturated heterocycles. The van der Waals surface area contributed by atoms with Gasteiger partial charge in [0, 0.05) is 23.8 Å². The highest BCUT2D eigenvalue weighted by molar-refractivity contribution is 7.92. The van der Waals surface area contributed by atoms with Gasteiger partial charge in [0.2, 0.25) is 5.91 Å². The molecule has 1 fully saturated rings. The molecule has 0 aliphatic carbocycles. The maximum Gasteiger partial charge on any atom is 0.261 e. The second kappa shape index (κ2) is 9.09. The first-order valence-corrected chi connectivity index (χ1v) is 11.9. The molecule has 1 aliphatic heterocycles. The third-order valence-corrected chi connectivity index (χ3v) is 6.78. The van der Waals surface area contributed by atoms with Crippen molar-refractivity contribution in [3.05, 3.63) is 59.2 Å². The minimum atomic E-state index is -3.79. The van der Waals surface area contributed by atoms with E-state index in [1.165, 1.54) is 6.07 Å². The van der Waals surface area contributed by atoms with Gasteiger partial charge in [0.05, 0.1) is 4.90 Å². The number of hydrogen-bond donors (Lipinski definition) is 2. The van der Waals surface area contributed by atoms with Crippen molar-refractivity contribution in [1.82, 2.24) is 10.2 Å². The van der Waals surface area contributed by atoms with Gasteiger partial charge in [0.1, 0.15) is 6.04 Å². The van der Waals surface area contributed by atoms with Gasteiger partial charge in [-0.3, -0.25) is 14.3 Å². The Kier molecular flexibility index (Phi) is 6.69. The molecule has 2 amide bonds. The molecule has 0 spiro atoms. The van der Waals surface area contributed by atoms with E-state index in [4.69, 9.17) is 0 Å². The molecule has 3 rings (SSSR count). The fourth-order valence-corrected chi connectivity index (χ4v) is 4.77. The zero-order chi connectivity index (χ0) is 22.8. The first-order chi connectivity index (χ1) is 14.6. The Balaban J connectivity index is 1.80. The summed E-state index contributed by atoms with van der Waals surface area (Å²) < 4.78 is 28.1. The van der Waals surface area contributed by atoms with Crippen molar-refractivity contribution in [1.29, 1.82) is 0 Å². The number of anilines is 1. The second-order valence-corrected chi connectivity index (χ2v) is 9.93. The lowest BCUT2D eigenvalue weighted by molar-refractivity contribution is -0.125. The van der Waals surface area contributed by atoms with E-state index in [2.05, 4.69) is 10.0 Å². The predicted molar refractivity (Wildman–Crippen MR) is 121 cm³/mol. The first-order valence-electron chi connectivity index (χ1n) is 10.4. The van der Waals surface area contributed by atoms with Crippen molar-refractivity contribution in [2.75, 3.05) is 11.3 Å². The summed E-state index contributed by atoms with van der Waals surface area (Å²) in [6, 6.07) is 10.8. The molecule has 0 bridgehead atoms. The van der Waals surface area contributed by atoms with Crippen LogP contribution in [0.3, 0.4) is 0 Å². The fraction of sp³-hybridized carbons (Fsp3) is 0.391. The van der Waals surface area contributed by atoms with E-state index in [9.17, 15) is 18.0 Å². The number of carbonyl (C=O) groups excluding carboxylic acids is 2. The van der Waals surface area contributed by atoms with E-state index in [0.717, 1.165) is 17.5 Å². The molecule has 2 aromatic carbocycles. The summed E-state index contributed by atoms with van der Waals surface area (Å²) in [7, 11) is -3.79. The average molecular weight is 444 g/mol. The SMILES string of the molecule is Cc1ccc(S(=O)(=O)Nc2cccc(C(=O)N3CCC[C@H]3C(=O)NC(C)C)c2)cc1C. The fourth-order valence-electron chi connectivity index (χ4n) is 3.64. The molecule has 0 unspecified atom stereocenters. The normalized spacial score (nSPS) is 16.4. The van der Waals surface area contributed by atoms with Crippen molar-refractivity contribution in [3.63, 3.8) is 0 Å². The molecule has 0 aromatic heterocycles. The Bertz CT molecular complexity index is 1100. The smallest absolute Gasteiger partial charge is 0.261 e. The summed E-state index contributed by atoms with van der Waals surface area (Å²) in [6.45, 7) is 8.03. The lowest BCUT2D eigenvalue weighted by atomic mass is 10.1. The number of aryl methyl sites for hydroxylation is 2. The third kappa shape index (κ3) is 5.25. The number of carbonyl (C=O) groups is 2. The highest BCUT2D eigenvalue weighted by Crippen LogP contribution is 2.23.